The molecule has 1 N–H and O–H groups in total. The Hall–Kier alpha value is -1.21. The zero-order valence-electron chi connectivity index (χ0n) is 12.3. The number of para-hydroxylation sites is 1. The summed E-state index contributed by atoms with van der Waals surface area (Å²) in [4.78, 5) is 13.0. The third-order valence-electron chi connectivity index (χ3n) is 2.44. The van der Waals surface area contributed by atoms with Crippen molar-refractivity contribution < 1.29 is 4.79 Å². The molecule has 0 bridgehead atoms. The van der Waals surface area contributed by atoms with Gasteiger partial charge < -0.3 is 5.32 Å². The van der Waals surface area contributed by atoms with Crippen LogP contribution >= 0.6 is 46.6 Å². The van der Waals surface area contributed by atoms with Crippen LogP contribution in [-0.2, 0) is 4.79 Å². The van der Waals surface area contributed by atoms with Crippen molar-refractivity contribution in [3.05, 3.63) is 24.3 Å². The van der Waals surface area contributed by atoms with Crippen LogP contribution < -0.4 is 5.32 Å². The van der Waals surface area contributed by atoms with Crippen molar-refractivity contribution in [3.63, 3.8) is 0 Å². The number of carbonyl (C=O) groups is 1. The van der Waals surface area contributed by atoms with Crippen molar-refractivity contribution in [2.45, 2.75) is 20.5 Å². The van der Waals surface area contributed by atoms with E-state index in [1.165, 1.54) is 34.9 Å². The summed E-state index contributed by atoms with van der Waals surface area (Å²) in [5.74, 6) is 1.49. The highest BCUT2D eigenvalue weighted by Crippen LogP contribution is 2.29. The molecule has 120 valence electrons. The highest BCUT2D eigenvalue weighted by Gasteiger charge is 2.10. The predicted octanol–water partition coefficient (Wildman–Crippen LogP) is 4.00. The van der Waals surface area contributed by atoms with Gasteiger partial charge in [0.1, 0.15) is 0 Å². The Balaban J connectivity index is 1.88. The Morgan fingerprint density at radius 1 is 1.26 bits per heavy atom. The Kier molecular flexibility index (Phi) is 7.74. The molecule has 0 aliphatic rings. The van der Waals surface area contributed by atoms with Crippen LogP contribution in [-0.4, -0.2) is 33.4 Å². The molecule has 0 atom stereocenters. The van der Waals surface area contributed by atoms with E-state index < -0.39 is 0 Å². The van der Waals surface area contributed by atoms with Crippen molar-refractivity contribution in [2.24, 2.45) is 0 Å². The average Bonchev–Trinajstić information content (AvgIpc) is 3.00. The Bertz CT molecular complexity index is 698. The molecule has 1 aromatic carbocycles. The number of hydrogen-bond donors (Lipinski definition) is 1. The number of nitrogens with zero attached hydrogens (tertiary/aromatic N) is 3. The molecule has 1 heterocycles. The molecule has 0 spiro atoms. The van der Waals surface area contributed by atoms with E-state index in [-0.39, 0.29) is 11.7 Å². The van der Waals surface area contributed by atoms with Gasteiger partial charge in [0.15, 0.2) is 8.68 Å². The number of nitriles is 1. The summed E-state index contributed by atoms with van der Waals surface area (Å²) < 4.78 is 1.72. The standard InChI is InChI=1S/C14H14N4OS4/c1-2-20-13-17-18-14(23-13)22-9-12(19)16-10-5-3-4-6-11(10)21-8-7-15/h3-6H,2,8-9H2,1H3,(H,16,19). The summed E-state index contributed by atoms with van der Waals surface area (Å²) in [6.45, 7) is 2.06. The normalized spacial score (nSPS) is 10.3. The molecule has 0 saturated heterocycles. The van der Waals surface area contributed by atoms with E-state index in [0.717, 1.165) is 25.0 Å². The molecule has 1 amide bonds. The lowest BCUT2D eigenvalue weighted by Crippen LogP contribution is -2.14. The van der Waals surface area contributed by atoms with Gasteiger partial charge in [-0.3, -0.25) is 4.79 Å². The maximum atomic E-state index is 12.1. The van der Waals surface area contributed by atoms with Crippen LogP contribution in [0.4, 0.5) is 5.69 Å². The zero-order chi connectivity index (χ0) is 16.5. The van der Waals surface area contributed by atoms with Crippen LogP contribution in [0.1, 0.15) is 6.92 Å². The quantitative estimate of drug-likeness (QED) is 0.691. The highest BCUT2D eigenvalue weighted by molar-refractivity contribution is 8.03. The number of amides is 1. The molecule has 0 aliphatic heterocycles. The van der Waals surface area contributed by atoms with E-state index in [9.17, 15) is 4.79 Å². The molecule has 0 unspecified atom stereocenters. The van der Waals surface area contributed by atoms with Crippen LogP contribution in [0.2, 0.25) is 0 Å². The second-order valence-corrected chi connectivity index (χ2v) is 8.77. The van der Waals surface area contributed by atoms with Gasteiger partial charge in [-0.05, 0) is 17.9 Å². The molecular weight excluding hydrogens is 368 g/mol. The number of thioether (sulfide) groups is 3. The van der Waals surface area contributed by atoms with Gasteiger partial charge in [0.25, 0.3) is 0 Å². The predicted molar refractivity (Wildman–Crippen MR) is 98.4 cm³/mol. The summed E-state index contributed by atoms with van der Waals surface area (Å²) in [5, 5.41) is 19.7. The van der Waals surface area contributed by atoms with Gasteiger partial charge in [-0.1, -0.05) is 53.9 Å². The second kappa shape index (κ2) is 9.82. The number of benzene rings is 1. The maximum Gasteiger partial charge on any atom is 0.234 e. The first-order valence-electron chi connectivity index (χ1n) is 6.70. The smallest absolute Gasteiger partial charge is 0.234 e. The monoisotopic (exact) mass is 382 g/mol. The fourth-order valence-corrected chi connectivity index (χ4v) is 4.94. The van der Waals surface area contributed by atoms with Crippen molar-refractivity contribution in [2.75, 3.05) is 22.6 Å². The molecule has 0 saturated carbocycles. The zero-order valence-corrected chi connectivity index (χ0v) is 15.6. The minimum atomic E-state index is -0.0973. The number of carbonyl (C=O) groups excluding carboxylic acids is 1. The van der Waals surface area contributed by atoms with Crippen LogP contribution in [0.15, 0.2) is 37.8 Å². The van der Waals surface area contributed by atoms with Crippen LogP contribution in [0.5, 0.6) is 0 Å². The fourth-order valence-electron chi connectivity index (χ4n) is 1.56. The number of nitrogens with one attached hydrogen (secondary N) is 1. The molecule has 2 aromatic rings. The molecule has 0 radical (unpaired) electrons. The molecular formula is C14H14N4OS4. The van der Waals surface area contributed by atoms with Crippen molar-refractivity contribution >= 4 is 58.2 Å². The Morgan fingerprint density at radius 3 is 2.74 bits per heavy atom. The topological polar surface area (TPSA) is 78.7 Å². The van der Waals surface area contributed by atoms with Crippen molar-refractivity contribution in [3.8, 4) is 6.07 Å². The SMILES string of the molecule is CCSc1nnc(SCC(=O)Nc2ccccc2SCC#N)s1. The summed E-state index contributed by atoms with van der Waals surface area (Å²) in [5.41, 5.74) is 0.734. The second-order valence-electron chi connectivity index (χ2n) is 4.05. The van der Waals surface area contributed by atoms with Gasteiger partial charge in [0.2, 0.25) is 5.91 Å². The molecule has 0 fully saturated rings. The van der Waals surface area contributed by atoms with E-state index in [1.54, 1.807) is 11.8 Å². The van der Waals surface area contributed by atoms with E-state index >= 15 is 0 Å². The molecule has 0 aliphatic carbocycles. The number of anilines is 1. The third-order valence-corrected chi connectivity index (χ3v) is 6.45. The number of hydrogen-bond acceptors (Lipinski definition) is 8. The number of aromatic nitrogens is 2. The minimum absolute atomic E-state index is 0.0973. The molecule has 5 nitrogen and oxygen atoms in total. The van der Waals surface area contributed by atoms with E-state index in [1.807, 2.05) is 24.3 Å². The first-order valence-corrected chi connectivity index (χ1v) is 10.5. The highest BCUT2D eigenvalue weighted by atomic mass is 32.2. The van der Waals surface area contributed by atoms with Gasteiger partial charge in [0, 0.05) is 4.90 Å². The Morgan fingerprint density at radius 2 is 2.00 bits per heavy atom. The van der Waals surface area contributed by atoms with E-state index in [0.29, 0.717) is 5.75 Å². The summed E-state index contributed by atoms with van der Waals surface area (Å²) in [6.07, 6.45) is 0. The average molecular weight is 383 g/mol. The lowest BCUT2D eigenvalue weighted by atomic mass is 10.3. The van der Waals surface area contributed by atoms with Gasteiger partial charge in [0.05, 0.1) is 23.3 Å². The lowest BCUT2D eigenvalue weighted by Gasteiger charge is -2.08. The molecule has 9 heteroatoms. The van der Waals surface area contributed by atoms with E-state index in [4.69, 9.17) is 5.26 Å². The molecule has 23 heavy (non-hydrogen) atoms. The fraction of sp³-hybridized carbons (Fsp3) is 0.286. The molecule has 1 aromatic heterocycles. The number of rotatable bonds is 8. The van der Waals surface area contributed by atoms with Gasteiger partial charge in [-0.25, -0.2) is 0 Å². The van der Waals surface area contributed by atoms with Crippen LogP contribution in [0.25, 0.3) is 0 Å². The van der Waals surface area contributed by atoms with Gasteiger partial charge in [-0.15, -0.1) is 22.0 Å². The van der Waals surface area contributed by atoms with Crippen molar-refractivity contribution in [1.29, 1.82) is 5.26 Å². The maximum absolute atomic E-state index is 12.1. The molecule has 2 rings (SSSR count). The van der Waals surface area contributed by atoms with Gasteiger partial charge >= 0.3 is 0 Å². The van der Waals surface area contributed by atoms with Crippen molar-refractivity contribution in [1.82, 2.24) is 10.2 Å². The Labute approximate surface area is 151 Å². The van der Waals surface area contributed by atoms with E-state index in [2.05, 4.69) is 28.5 Å². The van der Waals surface area contributed by atoms with Gasteiger partial charge in [-0.2, -0.15) is 5.26 Å². The van der Waals surface area contributed by atoms with Crippen LogP contribution in [0.3, 0.4) is 0 Å². The first kappa shape index (κ1) is 18.1. The largest absolute Gasteiger partial charge is 0.324 e. The summed E-state index contributed by atoms with van der Waals surface area (Å²) >= 11 is 5.93. The summed E-state index contributed by atoms with van der Waals surface area (Å²) in [6, 6.07) is 9.56. The minimum Gasteiger partial charge on any atom is -0.324 e. The first-order chi connectivity index (χ1) is 11.2. The lowest BCUT2D eigenvalue weighted by molar-refractivity contribution is -0.113. The van der Waals surface area contributed by atoms with Crippen LogP contribution in [0, 0.1) is 11.3 Å². The third kappa shape index (κ3) is 6.06. The summed E-state index contributed by atoms with van der Waals surface area (Å²) in [7, 11) is 0.